The lowest BCUT2D eigenvalue weighted by Gasteiger charge is -2.07. The van der Waals surface area contributed by atoms with Crippen molar-refractivity contribution in [3.63, 3.8) is 0 Å². The van der Waals surface area contributed by atoms with Crippen LogP contribution >= 0.6 is 11.6 Å². The molecule has 0 aliphatic rings. The number of aryl methyl sites for hydroxylation is 1. The summed E-state index contributed by atoms with van der Waals surface area (Å²) in [5.74, 6) is -0.0954. The predicted octanol–water partition coefficient (Wildman–Crippen LogP) is 5.64. The Hall–Kier alpha value is -3.37. The first kappa shape index (κ1) is 19.0. The largest absolute Gasteiger partial charge is 0.348 e. The van der Waals surface area contributed by atoms with Crippen molar-refractivity contribution in [2.75, 3.05) is 0 Å². The van der Waals surface area contributed by atoms with E-state index in [2.05, 4.69) is 21.6 Å². The molecule has 4 aromatic rings. The van der Waals surface area contributed by atoms with Gasteiger partial charge < -0.3 is 5.32 Å². The van der Waals surface area contributed by atoms with E-state index in [0.717, 1.165) is 28.1 Å². The van der Waals surface area contributed by atoms with Gasteiger partial charge in [0, 0.05) is 22.7 Å². The van der Waals surface area contributed by atoms with Gasteiger partial charge in [0.1, 0.15) is 0 Å². The fraction of sp³-hybridized carbons (Fsp3) is 0.0833. The van der Waals surface area contributed by atoms with Crippen LogP contribution in [-0.2, 0) is 6.54 Å². The van der Waals surface area contributed by atoms with E-state index in [0.29, 0.717) is 17.1 Å². The highest BCUT2D eigenvalue weighted by atomic mass is 35.5. The summed E-state index contributed by atoms with van der Waals surface area (Å²) >= 11 is 5.95. The summed E-state index contributed by atoms with van der Waals surface area (Å²) in [5.41, 5.74) is 6.57. The van der Waals surface area contributed by atoms with Crippen molar-refractivity contribution < 1.29 is 4.79 Å². The smallest absolute Gasteiger partial charge is 0.251 e. The molecule has 144 valence electrons. The minimum atomic E-state index is -0.0954. The molecule has 0 atom stereocenters. The molecule has 1 aromatic heterocycles. The second-order valence-corrected chi connectivity index (χ2v) is 7.36. The Bertz CT molecular complexity index is 1130. The van der Waals surface area contributed by atoms with Crippen LogP contribution in [0.25, 0.3) is 22.5 Å². The molecule has 0 bridgehead atoms. The van der Waals surface area contributed by atoms with Crippen LogP contribution in [0, 0.1) is 6.92 Å². The number of nitrogens with zero attached hydrogens (tertiary/aromatic N) is 1. The summed E-state index contributed by atoms with van der Waals surface area (Å²) in [6.45, 7) is 2.55. The van der Waals surface area contributed by atoms with Crippen molar-refractivity contribution in [1.29, 1.82) is 0 Å². The Balaban J connectivity index is 1.43. The zero-order valence-corrected chi connectivity index (χ0v) is 16.7. The minimum absolute atomic E-state index is 0.0954. The third kappa shape index (κ3) is 4.55. The molecule has 0 saturated heterocycles. The monoisotopic (exact) mass is 401 g/mol. The van der Waals surface area contributed by atoms with Gasteiger partial charge in [-0.25, -0.2) is 0 Å². The fourth-order valence-electron chi connectivity index (χ4n) is 3.15. The van der Waals surface area contributed by atoms with Crippen LogP contribution in [0.1, 0.15) is 21.5 Å². The summed E-state index contributed by atoms with van der Waals surface area (Å²) in [7, 11) is 0. The van der Waals surface area contributed by atoms with Crippen molar-refractivity contribution in [3.8, 4) is 22.5 Å². The van der Waals surface area contributed by atoms with Gasteiger partial charge in [0.05, 0.1) is 11.4 Å². The van der Waals surface area contributed by atoms with Gasteiger partial charge >= 0.3 is 0 Å². The molecule has 0 saturated carbocycles. The highest BCUT2D eigenvalue weighted by Gasteiger charge is 2.09. The number of amides is 1. The van der Waals surface area contributed by atoms with Crippen LogP contribution in [0.4, 0.5) is 0 Å². The first-order valence-electron chi connectivity index (χ1n) is 9.34. The molecule has 5 heteroatoms. The van der Waals surface area contributed by atoms with E-state index in [9.17, 15) is 4.79 Å². The average Bonchev–Trinajstić information content (AvgIpc) is 3.23. The number of rotatable bonds is 5. The van der Waals surface area contributed by atoms with Gasteiger partial charge in [0.2, 0.25) is 0 Å². The molecule has 2 N–H and O–H groups in total. The van der Waals surface area contributed by atoms with E-state index >= 15 is 0 Å². The molecule has 0 aliphatic heterocycles. The summed E-state index contributed by atoms with van der Waals surface area (Å²) in [4.78, 5) is 12.4. The molecule has 0 radical (unpaired) electrons. The van der Waals surface area contributed by atoms with Crippen molar-refractivity contribution in [1.82, 2.24) is 15.5 Å². The molecule has 1 heterocycles. The molecular formula is C24H20ClN3O. The van der Waals surface area contributed by atoms with Gasteiger partial charge in [-0.05, 0) is 48.4 Å². The molecule has 1 amide bonds. The van der Waals surface area contributed by atoms with Crippen LogP contribution in [0.2, 0.25) is 5.02 Å². The second kappa shape index (κ2) is 8.33. The van der Waals surface area contributed by atoms with Crippen LogP contribution in [-0.4, -0.2) is 16.1 Å². The third-order valence-corrected chi connectivity index (χ3v) is 4.96. The van der Waals surface area contributed by atoms with E-state index in [1.807, 2.05) is 79.7 Å². The number of carbonyl (C=O) groups is 1. The molecule has 0 spiro atoms. The summed E-state index contributed by atoms with van der Waals surface area (Å²) in [5, 5.41) is 11.1. The van der Waals surface area contributed by atoms with Gasteiger partial charge in [-0.3, -0.25) is 9.89 Å². The average molecular weight is 402 g/mol. The Labute approximate surface area is 174 Å². The SMILES string of the molecule is Cc1cccc(CNC(=O)c2ccc(-c3cc(-c4ccc(Cl)cc4)[nH]n3)cc2)c1. The fourth-order valence-corrected chi connectivity index (χ4v) is 3.27. The summed E-state index contributed by atoms with van der Waals surface area (Å²) < 4.78 is 0. The van der Waals surface area contributed by atoms with Crippen LogP contribution in [0.15, 0.2) is 78.9 Å². The maximum Gasteiger partial charge on any atom is 0.251 e. The summed E-state index contributed by atoms with van der Waals surface area (Å²) in [6, 6.07) is 25.1. The number of hydrogen-bond donors (Lipinski definition) is 2. The standard InChI is InChI=1S/C24H20ClN3O/c1-16-3-2-4-17(13-16)15-26-24(29)20-7-5-18(6-8-20)22-14-23(28-27-22)19-9-11-21(25)12-10-19/h2-14H,15H2,1H3,(H,26,29)(H,27,28). The lowest BCUT2D eigenvalue weighted by atomic mass is 10.1. The predicted molar refractivity (Wildman–Crippen MR) is 117 cm³/mol. The Morgan fingerprint density at radius 1 is 0.966 bits per heavy atom. The number of aromatic nitrogens is 2. The van der Waals surface area contributed by atoms with Crippen molar-refractivity contribution in [3.05, 3.63) is 101 Å². The molecule has 0 unspecified atom stereocenters. The zero-order valence-electron chi connectivity index (χ0n) is 15.9. The number of nitrogens with one attached hydrogen (secondary N) is 2. The maximum atomic E-state index is 12.4. The minimum Gasteiger partial charge on any atom is -0.348 e. The lowest BCUT2D eigenvalue weighted by Crippen LogP contribution is -2.22. The molecular weight excluding hydrogens is 382 g/mol. The summed E-state index contributed by atoms with van der Waals surface area (Å²) in [6.07, 6.45) is 0. The van der Waals surface area contributed by atoms with E-state index in [1.165, 1.54) is 5.56 Å². The van der Waals surface area contributed by atoms with Crippen molar-refractivity contribution in [2.24, 2.45) is 0 Å². The van der Waals surface area contributed by atoms with Crippen LogP contribution < -0.4 is 5.32 Å². The quantitative estimate of drug-likeness (QED) is 0.455. The maximum absolute atomic E-state index is 12.4. The molecule has 0 fully saturated rings. The van der Waals surface area contributed by atoms with Crippen LogP contribution in [0.5, 0.6) is 0 Å². The van der Waals surface area contributed by atoms with Gasteiger partial charge in [-0.1, -0.05) is 65.7 Å². The number of benzene rings is 3. The van der Waals surface area contributed by atoms with Gasteiger partial charge in [-0.15, -0.1) is 0 Å². The van der Waals surface area contributed by atoms with E-state index in [1.54, 1.807) is 0 Å². The van der Waals surface area contributed by atoms with Crippen molar-refractivity contribution >= 4 is 17.5 Å². The lowest BCUT2D eigenvalue weighted by molar-refractivity contribution is 0.0951. The topological polar surface area (TPSA) is 57.8 Å². The third-order valence-electron chi connectivity index (χ3n) is 4.71. The van der Waals surface area contributed by atoms with Gasteiger partial charge in [-0.2, -0.15) is 5.10 Å². The second-order valence-electron chi connectivity index (χ2n) is 6.92. The van der Waals surface area contributed by atoms with E-state index in [-0.39, 0.29) is 5.91 Å². The number of aromatic amines is 1. The molecule has 4 rings (SSSR count). The first-order chi connectivity index (χ1) is 14.1. The van der Waals surface area contributed by atoms with Gasteiger partial charge in [0.25, 0.3) is 5.91 Å². The Morgan fingerprint density at radius 3 is 2.41 bits per heavy atom. The molecule has 4 nitrogen and oxygen atoms in total. The first-order valence-corrected chi connectivity index (χ1v) is 9.72. The number of hydrogen-bond acceptors (Lipinski definition) is 2. The number of halogens is 1. The highest BCUT2D eigenvalue weighted by molar-refractivity contribution is 6.30. The molecule has 3 aromatic carbocycles. The van der Waals surface area contributed by atoms with E-state index in [4.69, 9.17) is 11.6 Å². The number of H-pyrrole nitrogens is 1. The van der Waals surface area contributed by atoms with Crippen LogP contribution in [0.3, 0.4) is 0 Å². The highest BCUT2D eigenvalue weighted by Crippen LogP contribution is 2.25. The Morgan fingerprint density at radius 2 is 1.69 bits per heavy atom. The van der Waals surface area contributed by atoms with E-state index < -0.39 is 0 Å². The zero-order chi connectivity index (χ0) is 20.2. The Kier molecular flexibility index (Phi) is 5.45. The van der Waals surface area contributed by atoms with Gasteiger partial charge in [0.15, 0.2) is 0 Å². The normalized spacial score (nSPS) is 10.7. The molecule has 29 heavy (non-hydrogen) atoms. The molecule has 0 aliphatic carbocycles. The number of carbonyl (C=O) groups excluding carboxylic acids is 1. The van der Waals surface area contributed by atoms with Crippen molar-refractivity contribution in [2.45, 2.75) is 13.5 Å².